The molecular formula is C21H24F3N5O2. The zero-order valence-corrected chi connectivity index (χ0v) is 17.6. The Kier molecular flexibility index (Phi) is 5.49. The molecule has 4 rings (SSSR count). The Balaban J connectivity index is 1.55. The van der Waals surface area contributed by atoms with Crippen LogP contribution in [-0.4, -0.2) is 43.8 Å². The van der Waals surface area contributed by atoms with Gasteiger partial charge in [0.1, 0.15) is 6.04 Å². The van der Waals surface area contributed by atoms with Crippen molar-refractivity contribution in [1.29, 1.82) is 0 Å². The van der Waals surface area contributed by atoms with Crippen LogP contribution in [0, 0.1) is 6.92 Å². The molecular weight excluding hydrogens is 411 g/mol. The summed E-state index contributed by atoms with van der Waals surface area (Å²) in [7, 11) is 0. The van der Waals surface area contributed by atoms with Crippen LogP contribution in [0.1, 0.15) is 61.3 Å². The van der Waals surface area contributed by atoms with Crippen LogP contribution >= 0.6 is 0 Å². The second-order valence-corrected chi connectivity index (χ2v) is 7.95. The van der Waals surface area contributed by atoms with Gasteiger partial charge in [-0.05, 0) is 45.2 Å². The second-order valence-electron chi connectivity index (χ2n) is 7.95. The van der Waals surface area contributed by atoms with Gasteiger partial charge in [-0.3, -0.25) is 9.48 Å². The van der Waals surface area contributed by atoms with Crippen LogP contribution in [-0.2, 0) is 17.4 Å². The maximum atomic E-state index is 13.7. The fourth-order valence-electron chi connectivity index (χ4n) is 4.24. The largest absolute Gasteiger partial charge is 0.417 e. The minimum Gasteiger partial charge on any atom is -0.341 e. The minimum atomic E-state index is -4.53. The number of pyridine rings is 1. The van der Waals surface area contributed by atoms with Gasteiger partial charge in [-0.1, -0.05) is 12.1 Å². The van der Waals surface area contributed by atoms with E-state index in [2.05, 4.69) is 15.2 Å². The smallest absolute Gasteiger partial charge is 0.341 e. The molecule has 0 radical (unpaired) electrons. The lowest BCUT2D eigenvalue weighted by atomic mass is 9.90. The number of rotatable bonds is 4. The van der Waals surface area contributed by atoms with Crippen LogP contribution in [0.5, 0.6) is 0 Å². The maximum Gasteiger partial charge on any atom is 0.417 e. The third-order valence-corrected chi connectivity index (χ3v) is 5.98. The predicted molar refractivity (Wildman–Crippen MR) is 106 cm³/mol. The Morgan fingerprint density at radius 3 is 2.61 bits per heavy atom. The molecule has 0 saturated carbocycles. The van der Waals surface area contributed by atoms with Gasteiger partial charge in [0.15, 0.2) is 0 Å². The number of fused-ring (bicyclic) bond motifs is 1. The summed E-state index contributed by atoms with van der Waals surface area (Å²) in [6.45, 7) is 6.29. The lowest BCUT2D eigenvalue weighted by molar-refractivity contribution is -0.136. The number of amides is 1. The van der Waals surface area contributed by atoms with Crippen molar-refractivity contribution in [3.8, 4) is 0 Å². The van der Waals surface area contributed by atoms with E-state index in [1.54, 1.807) is 29.6 Å². The summed E-state index contributed by atoms with van der Waals surface area (Å²) in [4.78, 5) is 18.8. The predicted octanol–water partition coefficient (Wildman–Crippen LogP) is 4.28. The van der Waals surface area contributed by atoms with Crippen molar-refractivity contribution in [2.75, 3.05) is 13.1 Å². The van der Waals surface area contributed by atoms with Gasteiger partial charge in [0.25, 0.3) is 5.71 Å². The molecule has 1 atom stereocenters. The average molecular weight is 435 g/mol. The highest BCUT2D eigenvalue weighted by Gasteiger charge is 2.38. The number of carbonyl (C=O) groups is 1. The Hall–Kier alpha value is -2.91. The molecule has 7 nitrogen and oxygen atoms in total. The number of aryl methyl sites for hydroxylation is 2. The van der Waals surface area contributed by atoms with E-state index in [1.165, 1.54) is 0 Å². The summed E-state index contributed by atoms with van der Waals surface area (Å²) >= 11 is 0. The van der Waals surface area contributed by atoms with E-state index in [0.717, 1.165) is 11.8 Å². The van der Waals surface area contributed by atoms with Crippen molar-refractivity contribution in [1.82, 2.24) is 24.8 Å². The number of aromatic nitrogens is 4. The lowest BCUT2D eigenvalue weighted by Gasteiger charge is -2.33. The summed E-state index contributed by atoms with van der Waals surface area (Å²) in [5.41, 5.74) is 0.643. The molecule has 0 aliphatic carbocycles. The average Bonchev–Trinajstić information content (AvgIpc) is 3.37. The highest BCUT2D eigenvalue weighted by atomic mass is 19.4. The Morgan fingerprint density at radius 2 is 2.03 bits per heavy atom. The van der Waals surface area contributed by atoms with Crippen LogP contribution < -0.4 is 0 Å². The van der Waals surface area contributed by atoms with Crippen molar-refractivity contribution in [3.63, 3.8) is 0 Å². The van der Waals surface area contributed by atoms with Gasteiger partial charge in [-0.25, -0.2) is 4.98 Å². The summed E-state index contributed by atoms with van der Waals surface area (Å²) in [5.74, 6) is -0.289. The van der Waals surface area contributed by atoms with Crippen molar-refractivity contribution in [3.05, 3.63) is 41.0 Å². The zero-order valence-electron chi connectivity index (χ0n) is 17.6. The fraction of sp³-hybridized carbons (Fsp3) is 0.524. The lowest BCUT2D eigenvalue weighted by Crippen LogP contribution is -2.41. The number of halogens is 3. The summed E-state index contributed by atoms with van der Waals surface area (Å²) < 4.78 is 48.0. The van der Waals surface area contributed by atoms with Gasteiger partial charge < -0.3 is 9.42 Å². The summed E-state index contributed by atoms with van der Waals surface area (Å²) in [6.07, 6.45) is -1.50. The first kappa shape index (κ1) is 21.3. The molecule has 1 aliphatic heterocycles. The van der Waals surface area contributed by atoms with E-state index >= 15 is 0 Å². The van der Waals surface area contributed by atoms with Gasteiger partial charge in [-0.15, -0.1) is 0 Å². The highest BCUT2D eigenvalue weighted by molar-refractivity contribution is 5.82. The number of hydrogen-bond donors (Lipinski definition) is 0. The van der Waals surface area contributed by atoms with E-state index in [0.29, 0.717) is 38.0 Å². The first-order valence-corrected chi connectivity index (χ1v) is 10.4. The van der Waals surface area contributed by atoms with E-state index in [9.17, 15) is 18.0 Å². The molecule has 1 saturated heterocycles. The fourth-order valence-corrected chi connectivity index (χ4v) is 4.24. The molecule has 31 heavy (non-hydrogen) atoms. The molecule has 3 aromatic rings. The first-order valence-electron chi connectivity index (χ1n) is 10.4. The molecule has 0 unspecified atom stereocenters. The van der Waals surface area contributed by atoms with Crippen molar-refractivity contribution < 1.29 is 22.5 Å². The quantitative estimate of drug-likeness (QED) is 0.612. The minimum absolute atomic E-state index is 0.0551. The number of piperidine rings is 1. The van der Waals surface area contributed by atoms with Crippen molar-refractivity contribution in [2.24, 2.45) is 0 Å². The molecule has 1 fully saturated rings. The van der Waals surface area contributed by atoms with E-state index in [4.69, 9.17) is 4.52 Å². The first-order chi connectivity index (χ1) is 14.7. The molecule has 0 aromatic carbocycles. The normalized spacial score (nSPS) is 16.8. The molecule has 1 aliphatic rings. The third-order valence-electron chi connectivity index (χ3n) is 5.98. The van der Waals surface area contributed by atoms with Crippen LogP contribution in [0.3, 0.4) is 0 Å². The summed E-state index contributed by atoms with van der Waals surface area (Å²) in [6, 6.07) is 2.48. The monoisotopic (exact) mass is 435 g/mol. The van der Waals surface area contributed by atoms with Gasteiger partial charge in [0.2, 0.25) is 5.91 Å². The van der Waals surface area contributed by atoms with Crippen molar-refractivity contribution in [2.45, 2.75) is 58.2 Å². The van der Waals surface area contributed by atoms with Crippen LogP contribution in [0.15, 0.2) is 22.9 Å². The molecule has 1 amide bonds. The van der Waals surface area contributed by atoms with Gasteiger partial charge in [0.05, 0.1) is 16.6 Å². The highest BCUT2D eigenvalue weighted by Crippen LogP contribution is 2.40. The number of nitrogens with zero attached hydrogens (tertiary/aromatic N) is 5. The molecule has 10 heteroatoms. The van der Waals surface area contributed by atoms with Crippen LogP contribution in [0.2, 0.25) is 0 Å². The molecule has 0 spiro atoms. The standard InChI is InChI=1S/C21H24F3N5O2/c1-4-15-11-16(21(22,23)24)17-18(27-31-19(17)26-15)14-6-9-28(10-7-14)20(30)13(3)29-12(2)5-8-25-29/h5,8,11,13-14H,4,6-7,9-10H2,1-3H3/t13-/m1/s1. The van der Waals surface area contributed by atoms with Gasteiger partial charge >= 0.3 is 6.18 Å². The number of hydrogen-bond acceptors (Lipinski definition) is 5. The molecule has 0 N–H and O–H groups in total. The Labute approximate surface area is 177 Å². The number of carbonyl (C=O) groups excluding carboxylic acids is 1. The van der Waals surface area contributed by atoms with E-state index in [1.807, 2.05) is 13.0 Å². The van der Waals surface area contributed by atoms with Crippen LogP contribution in [0.4, 0.5) is 13.2 Å². The topological polar surface area (TPSA) is 77.0 Å². The van der Waals surface area contributed by atoms with Gasteiger partial charge in [0, 0.05) is 36.6 Å². The number of alkyl halides is 3. The zero-order chi connectivity index (χ0) is 22.3. The molecule has 0 bridgehead atoms. The Bertz CT molecular complexity index is 1100. The van der Waals surface area contributed by atoms with Crippen molar-refractivity contribution >= 4 is 17.0 Å². The van der Waals surface area contributed by atoms with Gasteiger partial charge in [-0.2, -0.15) is 18.3 Å². The van der Waals surface area contributed by atoms with E-state index < -0.39 is 17.8 Å². The van der Waals surface area contributed by atoms with E-state index in [-0.39, 0.29) is 28.6 Å². The third kappa shape index (κ3) is 3.90. The number of likely N-dealkylation sites (tertiary alicyclic amines) is 1. The summed E-state index contributed by atoms with van der Waals surface area (Å²) in [5, 5.41) is 8.11. The SMILES string of the molecule is CCc1cc(C(F)(F)F)c2c(C3CCN(C(=O)[C@@H](C)n4nccc4C)CC3)noc2n1. The second kappa shape index (κ2) is 7.97. The van der Waals surface area contributed by atoms with Crippen LogP contribution in [0.25, 0.3) is 11.1 Å². The molecule has 4 heterocycles. The molecule has 166 valence electrons. The molecule has 3 aromatic heterocycles. The Morgan fingerprint density at radius 1 is 1.32 bits per heavy atom. The maximum absolute atomic E-state index is 13.7.